The van der Waals surface area contributed by atoms with Crippen LogP contribution in [0.5, 0.6) is 11.5 Å². The van der Waals surface area contributed by atoms with Gasteiger partial charge in [-0.2, -0.15) is 0 Å². The van der Waals surface area contributed by atoms with Crippen LogP contribution in [0.1, 0.15) is 34.5 Å². The zero-order chi connectivity index (χ0) is 19.7. The summed E-state index contributed by atoms with van der Waals surface area (Å²) in [6, 6.07) is 4.03. The number of nitrogens with one attached hydrogen (secondary N) is 1. The molecule has 0 unspecified atom stereocenters. The topological polar surface area (TPSA) is 93.8 Å². The van der Waals surface area contributed by atoms with E-state index in [1.54, 1.807) is 19.1 Å². The van der Waals surface area contributed by atoms with Crippen LogP contribution in [0.2, 0.25) is 0 Å². The molecule has 2 aromatic rings. The Labute approximate surface area is 162 Å². The van der Waals surface area contributed by atoms with E-state index in [1.807, 2.05) is 12.1 Å². The van der Waals surface area contributed by atoms with Crippen LogP contribution in [-0.2, 0) is 16.8 Å². The Kier molecular flexibility index (Phi) is 4.80. The largest absolute Gasteiger partial charge is 0.493 e. The van der Waals surface area contributed by atoms with Gasteiger partial charge in [0.2, 0.25) is 0 Å². The van der Waals surface area contributed by atoms with Gasteiger partial charge < -0.3 is 24.1 Å². The van der Waals surface area contributed by atoms with E-state index in [4.69, 9.17) is 14.2 Å². The highest BCUT2D eigenvalue weighted by Crippen LogP contribution is 2.45. The maximum absolute atomic E-state index is 12.7. The number of piperidine rings is 1. The van der Waals surface area contributed by atoms with Crippen LogP contribution in [-0.4, -0.2) is 54.7 Å². The lowest BCUT2D eigenvalue weighted by atomic mass is 9.79. The Bertz CT molecular complexity index is 947. The summed E-state index contributed by atoms with van der Waals surface area (Å²) in [5.74, 6) is 1.17. The van der Waals surface area contributed by atoms with E-state index >= 15 is 0 Å². The van der Waals surface area contributed by atoms with Crippen molar-refractivity contribution in [1.82, 2.24) is 14.9 Å². The highest BCUT2D eigenvalue weighted by atomic mass is 16.5. The highest BCUT2D eigenvalue weighted by Gasteiger charge is 2.42. The van der Waals surface area contributed by atoms with Gasteiger partial charge in [-0.15, -0.1) is 0 Å². The van der Waals surface area contributed by atoms with Gasteiger partial charge in [0.1, 0.15) is 5.69 Å². The molecule has 1 fully saturated rings. The number of nitrogens with zero attached hydrogens (tertiary/aromatic N) is 2. The second-order valence-electron chi connectivity index (χ2n) is 7.06. The summed E-state index contributed by atoms with van der Waals surface area (Å²) in [6.07, 6.45) is 4.70. The molecular formula is C20H23N3O5. The smallest absolute Gasteiger partial charge is 0.271 e. The minimum atomic E-state index is -0.438. The van der Waals surface area contributed by atoms with Crippen LogP contribution in [0.4, 0.5) is 0 Å². The molecule has 0 aliphatic carbocycles. The lowest BCUT2D eigenvalue weighted by Crippen LogP contribution is -2.48. The molecule has 4 rings (SSSR count). The molecule has 1 saturated heterocycles. The third-order valence-corrected chi connectivity index (χ3v) is 5.59. The Morgan fingerprint density at radius 1 is 1.18 bits per heavy atom. The van der Waals surface area contributed by atoms with Gasteiger partial charge in [-0.3, -0.25) is 14.6 Å². The molecular weight excluding hydrogens is 362 g/mol. The van der Waals surface area contributed by atoms with Crippen LogP contribution in [0.3, 0.4) is 0 Å². The number of ether oxygens (including phenoxy) is 3. The minimum Gasteiger partial charge on any atom is -0.493 e. The van der Waals surface area contributed by atoms with Gasteiger partial charge in [0.05, 0.1) is 38.8 Å². The van der Waals surface area contributed by atoms with Gasteiger partial charge in [0, 0.05) is 13.1 Å². The molecule has 0 saturated carbocycles. The molecule has 1 aromatic heterocycles. The zero-order valence-electron chi connectivity index (χ0n) is 16.0. The predicted molar refractivity (Wildman–Crippen MR) is 101 cm³/mol. The Morgan fingerprint density at radius 3 is 2.57 bits per heavy atom. The number of amides is 1. The summed E-state index contributed by atoms with van der Waals surface area (Å²) < 4.78 is 17.2. The van der Waals surface area contributed by atoms with Crippen molar-refractivity contribution < 1.29 is 19.0 Å². The summed E-state index contributed by atoms with van der Waals surface area (Å²) in [5.41, 5.74) is 1.69. The lowest BCUT2D eigenvalue weighted by molar-refractivity contribution is -0.0937. The van der Waals surface area contributed by atoms with E-state index in [0.29, 0.717) is 44.0 Å². The third kappa shape index (κ3) is 3.13. The van der Waals surface area contributed by atoms with Crippen molar-refractivity contribution in [3.05, 3.63) is 51.7 Å². The number of methoxy groups -OCH3 is 2. The lowest BCUT2D eigenvalue weighted by Gasteiger charge is -2.45. The second-order valence-corrected chi connectivity index (χ2v) is 7.06. The van der Waals surface area contributed by atoms with E-state index in [1.165, 1.54) is 11.8 Å². The van der Waals surface area contributed by atoms with Gasteiger partial charge in [0.25, 0.3) is 11.5 Å². The van der Waals surface area contributed by atoms with Gasteiger partial charge in [-0.1, -0.05) is 0 Å². The molecule has 0 atom stereocenters. The molecule has 1 spiro atoms. The van der Waals surface area contributed by atoms with Crippen LogP contribution in [0.25, 0.3) is 0 Å². The van der Waals surface area contributed by atoms with Crippen molar-refractivity contribution in [2.24, 2.45) is 0 Å². The van der Waals surface area contributed by atoms with E-state index in [2.05, 4.69) is 9.97 Å². The summed E-state index contributed by atoms with van der Waals surface area (Å²) >= 11 is 0. The summed E-state index contributed by atoms with van der Waals surface area (Å²) in [4.78, 5) is 32.2. The summed E-state index contributed by atoms with van der Waals surface area (Å²) in [6.45, 7) is 1.69. The maximum atomic E-state index is 12.7. The predicted octanol–water partition coefficient (Wildman–Crippen LogP) is 1.49. The van der Waals surface area contributed by atoms with Crippen molar-refractivity contribution in [1.29, 1.82) is 0 Å². The number of hydrogen-bond acceptors (Lipinski definition) is 6. The average Bonchev–Trinajstić information content (AvgIpc) is 2.73. The number of likely N-dealkylation sites (tertiary alicyclic amines) is 1. The number of rotatable bonds is 3. The van der Waals surface area contributed by atoms with Crippen LogP contribution < -0.4 is 15.0 Å². The fourth-order valence-corrected chi connectivity index (χ4v) is 4.13. The third-order valence-electron chi connectivity index (χ3n) is 5.59. The molecule has 8 heteroatoms. The monoisotopic (exact) mass is 385 g/mol. The highest BCUT2D eigenvalue weighted by molar-refractivity contribution is 5.92. The van der Waals surface area contributed by atoms with Crippen LogP contribution in [0, 0.1) is 0 Å². The van der Waals surface area contributed by atoms with Crippen LogP contribution >= 0.6 is 0 Å². The number of carbonyl (C=O) groups excluding carboxylic acids is 1. The molecule has 1 N–H and O–H groups in total. The normalized spacial score (nSPS) is 17.9. The number of H-pyrrole nitrogens is 1. The first-order valence-corrected chi connectivity index (χ1v) is 9.29. The number of aromatic nitrogens is 2. The molecule has 1 aromatic carbocycles. The molecule has 0 radical (unpaired) electrons. The Morgan fingerprint density at radius 2 is 1.89 bits per heavy atom. The summed E-state index contributed by atoms with van der Waals surface area (Å²) in [7, 11) is 3.25. The molecule has 28 heavy (non-hydrogen) atoms. The summed E-state index contributed by atoms with van der Waals surface area (Å²) in [5, 5.41) is 0. The molecule has 2 aliphatic heterocycles. The average molecular weight is 385 g/mol. The molecule has 3 heterocycles. The Hall–Kier alpha value is -2.87. The fraction of sp³-hybridized carbons (Fsp3) is 0.450. The van der Waals surface area contributed by atoms with Crippen molar-refractivity contribution >= 4 is 5.91 Å². The first kappa shape index (κ1) is 18.5. The molecule has 8 nitrogen and oxygen atoms in total. The van der Waals surface area contributed by atoms with Crippen molar-refractivity contribution in [2.75, 3.05) is 33.9 Å². The number of aromatic amines is 1. The van der Waals surface area contributed by atoms with E-state index in [-0.39, 0.29) is 17.2 Å². The molecule has 0 bridgehead atoms. The number of benzene rings is 1. The Balaban J connectivity index is 1.58. The second kappa shape index (κ2) is 7.27. The fourth-order valence-electron chi connectivity index (χ4n) is 4.13. The van der Waals surface area contributed by atoms with Crippen molar-refractivity contribution in [2.45, 2.75) is 24.9 Å². The molecule has 148 valence electrons. The van der Waals surface area contributed by atoms with E-state index in [0.717, 1.165) is 18.2 Å². The first-order valence-electron chi connectivity index (χ1n) is 9.29. The van der Waals surface area contributed by atoms with Crippen molar-refractivity contribution in [3.63, 3.8) is 0 Å². The van der Waals surface area contributed by atoms with Gasteiger partial charge >= 0.3 is 0 Å². The van der Waals surface area contributed by atoms with Gasteiger partial charge in [0.15, 0.2) is 11.5 Å². The van der Waals surface area contributed by atoms with Crippen molar-refractivity contribution in [3.8, 4) is 11.5 Å². The number of fused-ring (bicyclic) bond motifs is 2. The number of hydrogen-bond donors (Lipinski definition) is 1. The molecule has 1 amide bonds. The standard InChI is InChI=1S/C20H23N3O5/c1-26-16-9-13-3-8-28-20(14(13)10-17(16)27-2)4-6-23(7-5-20)19(25)15-11-21-12-18(24)22-15/h9-12H,3-8H2,1-2H3,(H,22,24). The van der Waals surface area contributed by atoms with Gasteiger partial charge in [-0.05, 0) is 42.5 Å². The minimum absolute atomic E-state index is 0.208. The van der Waals surface area contributed by atoms with E-state index < -0.39 is 5.60 Å². The maximum Gasteiger partial charge on any atom is 0.271 e. The number of carbonyl (C=O) groups is 1. The molecule has 2 aliphatic rings. The first-order chi connectivity index (χ1) is 13.6. The SMILES string of the molecule is COc1cc2c(cc1OC)C1(CCN(C(=O)c3cncc(=O)[nH]3)CC1)OCC2. The van der Waals surface area contributed by atoms with Gasteiger partial charge in [-0.25, -0.2) is 0 Å². The quantitative estimate of drug-likeness (QED) is 0.860. The van der Waals surface area contributed by atoms with E-state index in [9.17, 15) is 9.59 Å². The zero-order valence-corrected chi connectivity index (χ0v) is 16.0. The van der Waals surface area contributed by atoms with Crippen LogP contribution in [0.15, 0.2) is 29.3 Å².